The van der Waals surface area contributed by atoms with Crippen LogP contribution in [0.15, 0.2) is 47.8 Å². The molecular formula is C20H19FN4O3S. The number of nitrogens with one attached hydrogen (secondary N) is 1. The van der Waals surface area contributed by atoms with Crippen molar-refractivity contribution in [2.75, 3.05) is 11.1 Å². The Balaban J connectivity index is 2.08. The van der Waals surface area contributed by atoms with Crippen molar-refractivity contribution in [1.29, 1.82) is 0 Å². The number of aromatic nitrogens is 3. The van der Waals surface area contributed by atoms with Gasteiger partial charge < -0.3 is 15.0 Å². The number of nitrogens with zero attached hydrogens (tertiary/aromatic N) is 3. The standard InChI is InChI=1S/C20H19FN4O3S/c1-12(26)23-16-11-14(7-9-22-16)19-18(13-3-5-15(21)6-4-13)24-20(25(19)2)29-10-8-17(27)28/h3-7,9,11H,8,10H2,1-2H3,(H,27,28)(H,22,23,26). The Morgan fingerprint density at radius 2 is 1.93 bits per heavy atom. The minimum atomic E-state index is -0.875. The normalized spacial score (nSPS) is 10.7. The molecule has 0 spiro atoms. The molecule has 150 valence electrons. The number of aliphatic carboxylic acids is 1. The number of benzene rings is 1. The lowest BCUT2D eigenvalue weighted by atomic mass is 10.1. The molecule has 0 radical (unpaired) electrons. The zero-order valence-electron chi connectivity index (χ0n) is 15.8. The molecule has 1 aromatic carbocycles. The van der Waals surface area contributed by atoms with E-state index in [9.17, 15) is 14.0 Å². The van der Waals surface area contributed by atoms with Crippen molar-refractivity contribution in [2.24, 2.45) is 7.05 Å². The first-order chi connectivity index (χ1) is 13.8. The maximum absolute atomic E-state index is 13.4. The van der Waals surface area contributed by atoms with Gasteiger partial charge in [-0.25, -0.2) is 14.4 Å². The van der Waals surface area contributed by atoms with Crippen LogP contribution < -0.4 is 5.32 Å². The van der Waals surface area contributed by atoms with E-state index < -0.39 is 5.97 Å². The van der Waals surface area contributed by atoms with Gasteiger partial charge >= 0.3 is 5.97 Å². The number of hydrogen-bond donors (Lipinski definition) is 2. The van der Waals surface area contributed by atoms with E-state index in [1.54, 1.807) is 30.5 Å². The molecule has 2 heterocycles. The Hall–Kier alpha value is -3.20. The number of pyridine rings is 1. The molecule has 7 nitrogen and oxygen atoms in total. The van der Waals surface area contributed by atoms with E-state index in [1.165, 1.54) is 30.8 Å². The minimum absolute atomic E-state index is 0.0146. The fourth-order valence-electron chi connectivity index (χ4n) is 2.80. The number of anilines is 1. The molecule has 0 saturated heterocycles. The van der Waals surface area contributed by atoms with Gasteiger partial charge in [-0.2, -0.15) is 0 Å². The summed E-state index contributed by atoms with van der Waals surface area (Å²) in [4.78, 5) is 31.0. The predicted octanol–water partition coefficient (Wildman–Crippen LogP) is 3.81. The number of carboxylic acids is 1. The van der Waals surface area contributed by atoms with Crippen molar-refractivity contribution in [3.8, 4) is 22.5 Å². The van der Waals surface area contributed by atoms with Crippen LogP contribution in [-0.4, -0.2) is 37.3 Å². The summed E-state index contributed by atoms with van der Waals surface area (Å²) in [7, 11) is 1.83. The van der Waals surface area contributed by atoms with E-state index in [4.69, 9.17) is 5.11 Å². The minimum Gasteiger partial charge on any atom is -0.481 e. The Bertz CT molecular complexity index is 1050. The van der Waals surface area contributed by atoms with Crippen molar-refractivity contribution >= 4 is 29.5 Å². The summed E-state index contributed by atoms with van der Waals surface area (Å²) in [5.41, 5.74) is 2.87. The molecule has 0 fully saturated rings. The average molecular weight is 414 g/mol. The molecular weight excluding hydrogens is 395 g/mol. The number of carbonyl (C=O) groups excluding carboxylic acids is 1. The molecule has 0 aliphatic carbocycles. The Labute approximate surface area is 171 Å². The maximum Gasteiger partial charge on any atom is 0.304 e. The van der Waals surface area contributed by atoms with Gasteiger partial charge in [0.05, 0.1) is 17.8 Å². The number of imidazole rings is 1. The molecule has 0 saturated carbocycles. The Morgan fingerprint density at radius 1 is 1.21 bits per heavy atom. The van der Waals surface area contributed by atoms with Crippen molar-refractivity contribution < 1.29 is 19.1 Å². The quantitative estimate of drug-likeness (QED) is 0.571. The lowest BCUT2D eigenvalue weighted by Crippen LogP contribution is -2.07. The highest BCUT2D eigenvalue weighted by molar-refractivity contribution is 7.99. The Kier molecular flexibility index (Phi) is 6.28. The second-order valence-corrected chi connectivity index (χ2v) is 7.32. The number of carboxylic acid groups (broad SMARTS) is 1. The molecule has 29 heavy (non-hydrogen) atoms. The van der Waals surface area contributed by atoms with Gasteiger partial charge in [-0.3, -0.25) is 9.59 Å². The number of hydrogen-bond acceptors (Lipinski definition) is 5. The summed E-state index contributed by atoms with van der Waals surface area (Å²) in [6.45, 7) is 1.40. The molecule has 0 unspecified atom stereocenters. The summed E-state index contributed by atoms with van der Waals surface area (Å²) < 4.78 is 15.3. The molecule has 3 aromatic rings. The zero-order chi connectivity index (χ0) is 21.0. The third-order valence-corrected chi connectivity index (χ3v) is 5.09. The van der Waals surface area contributed by atoms with Gasteiger partial charge in [0, 0.05) is 37.0 Å². The van der Waals surface area contributed by atoms with Gasteiger partial charge in [0.2, 0.25) is 5.91 Å². The van der Waals surface area contributed by atoms with E-state index in [0.29, 0.717) is 22.4 Å². The highest BCUT2D eigenvalue weighted by Gasteiger charge is 2.19. The van der Waals surface area contributed by atoms with Crippen LogP contribution in [0.5, 0.6) is 0 Å². The molecule has 0 aliphatic heterocycles. The third-order valence-electron chi connectivity index (χ3n) is 4.06. The SMILES string of the molecule is CC(=O)Nc1cc(-c2c(-c3ccc(F)cc3)nc(SCCC(=O)O)n2C)ccn1. The van der Waals surface area contributed by atoms with E-state index in [1.807, 2.05) is 11.6 Å². The third kappa shape index (κ3) is 5.00. The van der Waals surface area contributed by atoms with Crippen LogP contribution in [0.1, 0.15) is 13.3 Å². The second-order valence-electron chi connectivity index (χ2n) is 6.26. The van der Waals surface area contributed by atoms with Crippen LogP contribution in [0.4, 0.5) is 10.2 Å². The largest absolute Gasteiger partial charge is 0.481 e. The van der Waals surface area contributed by atoms with Gasteiger partial charge in [-0.15, -0.1) is 0 Å². The van der Waals surface area contributed by atoms with Crippen LogP contribution in [0.25, 0.3) is 22.5 Å². The summed E-state index contributed by atoms with van der Waals surface area (Å²) in [5, 5.41) is 12.2. The monoisotopic (exact) mass is 414 g/mol. The maximum atomic E-state index is 13.4. The first-order valence-electron chi connectivity index (χ1n) is 8.76. The van der Waals surface area contributed by atoms with Gasteiger partial charge in [0.25, 0.3) is 0 Å². The van der Waals surface area contributed by atoms with Crippen molar-refractivity contribution in [3.63, 3.8) is 0 Å². The summed E-state index contributed by atoms with van der Waals surface area (Å²) in [6.07, 6.45) is 1.60. The van der Waals surface area contributed by atoms with Crippen LogP contribution in [0.2, 0.25) is 0 Å². The smallest absolute Gasteiger partial charge is 0.304 e. The highest BCUT2D eigenvalue weighted by atomic mass is 32.2. The van der Waals surface area contributed by atoms with E-state index in [2.05, 4.69) is 15.3 Å². The molecule has 2 N–H and O–H groups in total. The van der Waals surface area contributed by atoms with Crippen molar-refractivity contribution in [3.05, 3.63) is 48.4 Å². The molecule has 3 rings (SSSR count). The fourth-order valence-corrected chi connectivity index (χ4v) is 3.70. The number of amides is 1. The summed E-state index contributed by atoms with van der Waals surface area (Å²) >= 11 is 1.33. The molecule has 9 heteroatoms. The fraction of sp³-hybridized carbons (Fsp3) is 0.200. The first kappa shape index (κ1) is 20.5. The van der Waals surface area contributed by atoms with Crippen molar-refractivity contribution in [1.82, 2.24) is 14.5 Å². The van der Waals surface area contributed by atoms with Gasteiger partial charge in [-0.05, 0) is 36.4 Å². The highest BCUT2D eigenvalue weighted by Crippen LogP contribution is 2.35. The van der Waals surface area contributed by atoms with Crippen LogP contribution in [-0.2, 0) is 16.6 Å². The number of halogens is 1. The molecule has 2 aromatic heterocycles. The van der Waals surface area contributed by atoms with Crippen molar-refractivity contribution in [2.45, 2.75) is 18.5 Å². The van der Waals surface area contributed by atoms with Gasteiger partial charge in [0.1, 0.15) is 11.6 Å². The molecule has 1 amide bonds. The van der Waals surface area contributed by atoms with E-state index in [0.717, 1.165) is 16.8 Å². The lowest BCUT2D eigenvalue weighted by molar-refractivity contribution is -0.136. The molecule has 0 bridgehead atoms. The summed E-state index contributed by atoms with van der Waals surface area (Å²) in [5.74, 6) is -0.681. The van der Waals surface area contributed by atoms with Crippen LogP contribution in [0.3, 0.4) is 0 Å². The summed E-state index contributed by atoms with van der Waals surface area (Å²) in [6, 6.07) is 9.53. The zero-order valence-corrected chi connectivity index (χ0v) is 16.7. The number of thioether (sulfide) groups is 1. The Morgan fingerprint density at radius 3 is 2.59 bits per heavy atom. The van der Waals surface area contributed by atoms with Crippen LogP contribution >= 0.6 is 11.8 Å². The predicted molar refractivity (Wildman–Crippen MR) is 109 cm³/mol. The number of carbonyl (C=O) groups is 2. The molecule has 0 aliphatic rings. The van der Waals surface area contributed by atoms with Gasteiger partial charge in [0.15, 0.2) is 5.16 Å². The van der Waals surface area contributed by atoms with Crippen LogP contribution in [0, 0.1) is 5.82 Å². The van der Waals surface area contributed by atoms with E-state index in [-0.39, 0.29) is 18.1 Å². The average Bonchev–Trinajstić information content (AvgIpc) is 2.98. The first-order valence-corrected chi connectivity index (χ1v) is 9.75. The van der Waals surface area contributed by atoms with Gasteiger partial charge in [-0.1, -0.05) is 11.8 Å². The van der Waals surface area contributed by atoms with E-state index >= 15 is 0 Å². The number of rotatable bonds is 7. The molecule has 0 atom stereocenters. The second kappa shape index (κ2) is 8.87. The topological polar surface area (TPSA) is 97.1 Å². The lowest BCUT2D eigenvalue weighted by Gasteiger charge is -2.09.